The van der Waals surface area contributed by atoms with Crippen LogP contribution >= 0.6 is 23.4 Å². The van der Waals surface area contributed by atoms with Gasteiger partial charge in [-0.05, 0) is 29.8 Å². The van der Waals surface area contributed by atoms with Crippen LogP contribution in [0.15, 0.2) is 53.4 Å². The first-order chi connectivity index (χ1) is 11.6. The fourth-order valence-electron chi connectivity index (χ4n) is 1.90. The maximum atomic E-state index is 11.8. The van der Waals surface area contributed by atoms with Crippen LogP contribution in [-0.2, 0) is 20.9 Å². The van der Waals surface area contributed by atoms with Gasteiger partial charge in [-0.15, -0.1) is 11.8 Å². The Bertz CT molecular complexity index is 700. The molecule has 0 saturated heterocycles. The lowest BCUT2D eigenvalue weighted by atomic mass is 10.1. The summed E-state index contributed by atoms with van der Waals surface area (Å²) in [6.07, 6.45) is 0.302. The summed E-state index contributed by atoms with van der Waals surface area (Å²) >= 11 is 7.58. The van der Waals surface area contributed by atoms with Gasteiger partial charge in [-0.25, -0.2) is 4.79 Å². The van der Waals surface area contributed by atoms with Crippen LogP contribution in [0.2, 0.25) is 5.02 Å². The number of hydrogen-bond donors (Lipinski definition) is 0. The Hall–Kier alpha value is -1.98. The van der Waals surface area contributed by atoms with E-state index in [1.54, 1.807) is 24.3 Å². The van der Waals surface area contributed by atoms with Gasteiger partial charge in [0.25, 0.3) is 0 Å². The molecule has 0 radical (unpaired) electrons. The lowest BCUT2D eigenvalue weighted by Gasteiger charge is -2.06. The molecule has 0 spiro atoms. The van der Waals surface area contributed by atoms with Crippen molar-refractivity contribution in [2.24, 2.45) is 0 Å². The molecule has 126 valence electrons. The topological polar surface area (TPSA) is 52.6 Å². The molecule has 0 N–H and O–H groups in total. The molecule has 2 aromatic rings. The van der Waals surface area contributed by atoms with Gasteiger partial charge in [0.15, 0.2) is 0 Å². The molecule has 0 aliphatic heterocycles. The SMILES string of the molecule is COC(=O)c1ccc(COC(=O)CCSc2ccccc2Cl)cc1. The van der Waals surface area contributed by atoms with Gasteiger partial charge < -0.3 is 9.47 Å². The van der Waals surface area contributed by atoms with Crippen LogP contribution in [0, 0.1) is 0 Å². The van der Waals surface area contributed by atoms with E-state index >= 15 is 0 Å². The zero-order chi connectivity index (χ0) is 17.4. The van der Waals surface area contributed by atoms with E-state index < -0.39 is 5.97 Å². The van der Waals surface area contributed by atoms with E-state index in [0.29, 0.717) is 22.8 Å². The molecule has 0 heterocycles. The third kappa shape index (κ3) is 5.58. The molecule has 2 aromatic carbocycles. The number of methoxy groups -OCH3 is 1. The molecule has 0 saturated carbocycles. The summed E-state index contributed by atoms with van der Waals surface area (Å²) < 4.78 is 9.85. The standard InChI is InChI=1S/C18H17ClO4S/c1-22-18(21)14-8-6-13(7-9-14)12-23-17(20)10-11-24-16-5-3-2-4-15(16)19/h2-9H,10-12H2,1H3. The number of carbonyl (C=O) groups is 2. The molecule has 0 aliphatic rings. The van der Waals surface area contributed by atoms with Crippen molar-refractivity contribution in [2.75, 3.05) is 12.9 Å². The molecule has 4 nitrogen and oxygen atoms in total. The summed E-state index contributed by atoms with van der Waals surface area (Å²) in [6, 6.07) is 14.3. The maximum Gasteiger partial charge on any atom is 0.337 e. The summed E-state index contributed by atoms with van der Waals surface area (Å²) in [6.45, 7) is 0.178. The van der Waals surface area contributed by atoms with E-state index in [9.17, 15) is 9.59 Å². The Kier molecular flexibility index (Phi) is 7.15. The maximum absolute atomic E-state index is 11.8. The van der Waals surface area contributed by atoms with Gasteiger partial charge in [0.2, 0.25) is 0 Å². The molecule has 0 fully saturated rings. The smallest absolute Gasteiger partial charge is 0.337 e. The van der Waals surface area contributed by atoms with Crippen LogP contribution in [0.4, 0.5) is 0 Å². The number of thioether (sulfide) groups is 1. The van der Waals surface area contributed by atoms with E-state index in [2.05, 4.69) is 4.74 Å². The second-order valence-corrected chi connectivity index (χ2v) is 6.42. The summed E-state index contributed by atoms with van der Waals surface area (Å²) in [7, 11) is 1.33. The number of ether oxygens (including phenoxy) is 2. The van der Waals surface area contributed by atoms with Gasteiger partial charge >= 0.3 is 11.9 Å². The summed E-state index contributed by atoms with van der Waals surface area (Å²) in [5.41, 5.74) is 1.28. The lowest BCUT2D eigenvalue weighted by molar-refractivity contribution is -0.144. The molecule has 0 amide bonds. The second kappa shape index (κ2) is 9.35. The van der Waals surface area contributed by atoms with Gasteiger partial charge in [0, 0.05) is 10.6 Å². The highest BCUT2D eigenvalue weighted by atomic mass is 35.5. The minimum atomic E-state index is -0.393. The van der Waals surface area contributed by atoms with Gasteiger partial charge in [0.1, 0.15) is 6.61 Å². The number of benzene rings is 2. The van der Waals surface area contributed by atoms with Gasteiger partial charge in [-0.1, -0.05) is 35.9 Å². The van der Waals surface area contributed by atoms with Crippen LogP contribution < -0.4 is 0 Å². The Morgan fingerprint density at radius 2 is 1.79 bits per heavy atom. The van der Waals surface area contributed by atoms with Crippen LogP contribution in [0.3, 0.4) is 0 Å². The van der Waals surface area contributed by atoms with E-state index in [-0.39, 0.29) is 12.6 Å². The molecule has 24 heavy (non-hydrogen) atoms. The van der Waals surface area contributed by atoms with Crippen molar-refractivity contribution in [3.8, 4) is 0 Å². The van der Waals surface area contributed by atoms with E-state index in [0.717, 1.165) is 10.5 Å². The second-order valence-electron chi connectivity index (χ2n) is 4.88. The Labute approximate surface area is 150 Å². The van der Waals surface area contributed by atoms with Crippen LogP contribution in [0.5, 0.6) is 0 Å². The molecule has 0 atom stereocenters. The Morgan fingerprint density at radius 1 is 1.08 bits per heavy atom. The van der Waals surface area contributed by atoms with E-state index in [1.165, 1.54) is 18.9 Å². The molecule has 0 aromatic heterocycles. The molecule has 0 bridgehead atoms. The fraction of sp³-hybridized carbons (Fsp3) is 0.222. The van der Waals surface area contributed by atoms with Crippen molar-refractivity contribution in [3.63, 3.8) is 0 Å². The monoisotopic (exact) mass is 364 g/mol. The lowest BCUT2D eigenvalue weighted by Crippen LogP contribution is -2.06. The predicted molar refractivity (Wildman–Crippen MR) is 94.4 cm³/mol. The Balaban J connectivity index is 1.73. The summed E-state index contributed by atoms with van der Waals surface area (Å²) in [4.78, 5) is 24.1. The first-order valence-electron chi connectivity index (χ1n) is 7.30. The normalized spacial score (nSPS) is 10.2. The zero-order valence-electron chi connectivity index (χ0n) is 13.2. The quantitative estimate of drug-likeness (QED) is 0.540. The number of halogens is 1. The molecule has 2 rings (SSSR count). The Morgan fingerprint density at radius 3 is 2.46 bits per heavy atom. The minimum Gasteiger partial charge on any atom is -0.465 e. The third-order valence-electron chi connectivity index (χ3n) is 3.18. The first kappa shape index (κ1) is 18.4. The number of carbonyl (C=O) groups excluding carboxylic acids is 2. The van der Waals surface area contributed by atoms with Crippen molar-refractivity contribution < 1.29 is 19.1 Å². The third-order valence-corrected chi connectivity index (χ3v) is 4.69. The molecule has 0 aliphatic carbocycles. The van der Waals surface area contributed by atoms with Crippen molar-refractivity contribution in [3.05, 3.63) is 64.7 Å². The van der Waals surface area contributed by atoms with E-state index in [4.69, 9.17) is 16.3 Å². The number of hydrogen-bond acceptors (Lipinski definition) is 5. The molecular formula is C18H17ClO4S. The predicted octanol–water partition coefficient (Wildman–Crippen LogP) is 4.35. The minimum absolute atomic E-state index is 0.178. The summed E-state index contributed by atoms with van der Waals surface area (Å²) in [5.74, 6) is -0.0640. The highest BCUT2D eigenvalue weighted by molar-refractivity contribution is 7.99. The largest absolute Gasteiger partial charge is 0.465 e. The van der Waals surface area contributed by atoms with Gasteiger partial charge in [-0.2, -0.15) is 0 Å². The van der Waals surface area contributed by atoms with Gasteiger partial charge in [-0.3, -0.25) is 4.79 Å². The van der Waals surface area contributed by atoms with Crippen molar-refractivity contribution >= 4 is 35.3 Å². The average molecular weight is 365 g/mol. The van der Waals surface area contributed by atoms with Crippen LogP contribution in [-0.4, -0.2) is 24.8 Å². The highest BCUT2D eigenvalue weighted by Gasteiger charge is 2.07. The highest BCUT2D eigenvalue weighted by Crippen LogP contribution is 2.27. The van der Waals surface area contributed by atoms with Crippen molar-refractivity contribution in [1.29, 1.82) is 0 Å². The van der Waals surface area contributed by atoms with Crippen LogP contribution in [0.1, 0.15) is 22.3 Å². The average Bonchev–Trinajstić information content (AvgIpc) is 2.61. The zero-order valence-corrected chi connectivity index (χ0v) is 14.7. The van der Waals surface area contributed by atoms with Gasteiger partial charge in [0.05, 0.1) is 24.1 Å². The molecule has 6 heteroatoms. The van der Waals surface area contributed by atoms with E-state index in [1.807, 2.05) is 24.3 Å². The van der Waals surface area contributed by atoms with Crippen molar-refractivity contribution in [1.82, 2.24) is 0 Å². The van der Waals surface area contributed by atoms with Crippen molar-refractivity contribution in [2.45, 2.75) is 17.9 Å². The van der Waals surface area contributed by atoms with Crippen LogP contribution in [0.25, 0.3) is 0 Å². The molecule has 0 unspecified atom stereocenters. The molecular weight excluding hydrogens is 348 g/mol. The fourth-order valence-corrected chi connectivity index (χ4v) is 3.07. The summed E-state index contributed by atoms with van der Waals surface area (Å²) in [5, 5.41) is 0.682. The first-order valence-corrected chi connectivity index (χ1v) is 8.66. The number of rotatable bonds is 7. The number of esters is 2.